The number of ether oxygens (including phenoxy) is 1. The number of pyridine rings is 1. The fourth-order valence-corrected chi connectivity index (χ4v) is 2.80. The average Bonchev–Trinajstić information content (AvgIpc) is 2.54. The monoisotopic (exact) mass is 295 g/mol. The van der Waals surface area contributed by atoms with Crippen LogP contribution in [0.15, 0.2) is 51.9 Å². The normalized spacial score (nSPS) is 17.4. The second kappa shape index (κ2) is 5.05. The number of rotatable bonds is 1. The molecule has 2 aromatic heterocycles. The van der Waals surface area contributed by atoms with Crippen LogP contribution in [0, 0.1) is 0 Å². The molecule has 0 radical (unpaired) electrons. The summed E-state index contributed by atoms with van der Waals surface area (Å²) < 4.78 is 10.6. The molecule has 1 unspecified atom stereocenters. The Morgan fingerprint density at radius 1 is 1.18 bits per heavy atom. The molecule has 1 aliphatic rings. The molecule has 110 valence electrons. The number of benzene rings is 1. The molecule has 4 rings (SSSR count). The van der Waals surface area contributed by atoms with Gasteiger partial charge in [0, 0.05) is 35.0 Å². The van der Waals surface area contributed by atoms with Crippen LogP contribution in [0.25, 0.3) is 22.1 Å². The molecule has 5 heteroatoms. The number of hydrogen-bond acceptors (Lipinski definition) is 5. The summed E-state index contributed by atoms with van der Waals surface area (Å²) in [5.41, 5.74) is 3.81. The SMILES string of the molecule is O=c1ccc2cc(-c3cncc4c3COCC4O)ccc2o1. The van der Waals surface area contributed by atoms with Crippen molar-refractivity contribution in [1.29, 1.82) is 0 Å². The van der Waals surface area contributed by atoms with E-state index in [0.717, 1.165) is 27.6 Å². The van der Waals surface area contributed by atoms with Gasteiger partial charge in [0.25, 0.3) is 0 Å². The molecule has 5 nitrogen and oxygen atoms in total. The fourth-order valence-electron chi connectivity index (χ4n) is 2.80. The van der Waals surface area contributed by atoms with Crippen molar-refractivity contribution >= 4 is 11.0 Å². The maximum atomic E-state index is 11.2. The van der Waals surface area contributed by atoms with Crippen LogP contribution in [0.2, 0.25) is 0 Å². The molecule has 1 aliphatic heterocycles. The largest absolute Gasteiger partial charge is 0.423 e. The number of hydrogen-bond donors (Lipinski definition) is 1. The molecule has 0 spiro atoms. The van der Waals surface area contributed by atoms with Crippen molar-refractivity contribution in [1.82, 2.24) is 4.98 Å². The van der Waals surface area contributed by atoms with Crippen molar-refractivity contribution in [2.75, 3.05) is 6.61 Å². The first-order valence-electron chi connectivity index (χ1n) is 6.99. The van der Waals surface area contributed by atoms with E-state index < -0.39 is 6.10 Å². The van der Waals surface area contributed by atoms with Crippen LogP contribution < -0.4 is 5.63 Å². The lowest BCUT2D eigenvalue weighted by Gasteiger charge is -2.23. The minimum atomic E-state index is -0.644. The van der Waals surface area contributed by atoms with Crippen LogP contribution in [0.4, 0.5) is 0 Å². The first-order chi connectivity index (χ1) is 10.7. The van der Waals surface area contributed by atoms with Crippen LogP contribution >= 0.6 is 0 Å². The van der Waals surface area contributed by atoms with Gasteiger partial charge >= 0.3 is 5.63 Å². The van der Waals surface area contributed by atoms with E-state index in [-0.39, 0.29) is 5.63 Å². The molecule has 0 fully saturated rings. The van der Waals surface area contributed by atoms with Gasteiger partial charge in [-0.15, -0.1) is 0 Å². The lowest BCUT2D eigenvalue weighted by atomic mass is 9.94. The predicted molar refractivity (Wildman–Crippen MR) is 80.3 cm³/mol. The van der Waals surface area contributed by atoms with Gasteiger partial charge in [0.1, 0.15) is 11.7 Å². The minimum absolute atomic E-state index is 0.293. The summed E-state index contributed by atoms with van der Waals surface area (Å²) in [6, 6.07) is 8.72. The smallest absolute Gasteiger partial charge is 0.336 e. The van der Waals surface area contributed by atoms with Crippen molar-refractivity contribution in [3.8, 4) is 11.1 Å². The topological polar surface area (TPSA) is 72.6 Å². The van der Waals surface area contributed by atoms with E-state index in [2.05, 4.69) is 4.98 Å². The van der Waals surface area contributed by atoms with Crippen molar-refractivity contribution in [3.63, 3.8) is 0 Å². The molecular formula is C17H13NO4. The van der Waals surface area contributed by atoms with E-state index >= 15 is 0 Å². The first-order valence-corrected chi connectivity index (χ1v) is 6.99. The standard InChI is InChI=1S/C17H13NO4/c19-15-9-21-8-14-12(6-18-7-13(14)15)10-1-3-16-11(5-10)2-4-17(20)22-16/h1-7,15,19H,8-9H2. The van der Waals surface area contributed by atoms with Crippen molar-refractivity contribution in [2.24, 2.45) is 0 Å². The molecule has 0 saturated carbocycles. The van der Waals surface area contributed by atoms with Gasteiger partial charge in [0.05, 0.1) is 13.2 Å². The molecule has 22 heavy (non-hydrogen) atoms. The highest BCUT2D eigenvalue weighted by Gasteiger charge is 2.22. The van der Waals surface area contributed by atoms with Crippen LogP contribution in [-0.4, -0.2) is 16.7 Å². The lowest BCUT2D eigenvalue weighted by molar-refractivity contribution is 0.00981. The van der Waals surface area contributed by atoms with E-state index in [1.807, 2.05) is 12.1 Å². The summed E-state index contributed by atoms with van der Waals surface area (Å²) in [4.78, 5) is 15.5. The molecule has 1 aromatic carbocycles. The number of nitrogens with zero attached hydrogens (tertiary/aromatic N) is 1. The minimum Gasteiger partial charge on any atom is -0.423 e. The predicted octanol–water partition coefficient (Wildman–Crippen LogP) is 2.42. The van der Waals surface area contributed by atoms with E-state index in [1.165, 1.54) is 6.07 Å². The summed E-state index contributed by atoms with van der Waals surface area (Å²) in [5, 5.41) is 10.9. The summed E-state index contributed by atoms with van der Waals surface area (Å²) in [7, 11) is 0. The Labute approximate surface area is 125 Å². The third-order valence-electron chi connectivity index (χ3n) is 3.90. The second-order valence-corrected chi connectivity index (χ2v) is 5.29. The zero-order valence-corrected chi connectivity index (χ0v) is 11.7. The lowest BCUT2D eigenvalue weighted by Crippen LogP contribution is -2.17. The van der Waals surface area contributed by atoms with Crippen molar-refractivity contribution in [2.45, 2.75) is 12.7 Å². The third-order valence-corrected chi connectivity index (χ3v) is 3.90. The highest BCUT2D eigenvalue weighted by Crippen LogP contribution is 2.33. The Kier molecular flexibility index (Phi) is 3.03. The fraction of sp³-hybridized carbons (Fsp3) is 0.176. The Hall–Kier alpha value is -2.50. The highest BCUT2D eigenvalue weighted by molar-refractivity contribution is 5.83. The van der Waals surface area contributed by atoms with Gasteiger partial charge < -0.3 is 14.3 Å². The Morgan fingerprint density at radius 2 is 2.09 bits per heavy atom. The quantitative estimate of drug-likeness (QED) is 0.698. The molecule has 0 amide bonds. The van der Waals surface area contributed by atoms with Crippen molar-refractivity contribution in [3.05, 3.63) is 64.3 Å². The van der Waals surface area contributed by atoms with E-state index in [9.17, 15) is 9.90 Å². The van der Waals surface area contributed by atoms with Crippen LogP contribution in [0.5, 0.6) is 0 Å². The van der Waals surface area contributed by atoms with Gasteiger partial charge in [-0.2, -0.15) is 0 Å². The zero-order valence-electron chi connectivity index (χ0n) is 11.7. The molecule has 0 bridgehead atoms. The van der Waals surface area contributed by atoms with Gasteiger partial charge in [-0.1, -0.05) is 6.07 Å². The number of aromatic nitrogens is 1. The number of fused-ring (bicyclic) bond motifs is 2. The first kappa shape index (κ1) is 13.2. The molecule has 1 atom stereocenters. The third kappa shape index (κ3) is 2.11. The Morgan fingerprint density at radius 3 is 3.00 bits per heavy atom. The van der Waals surface area contributed by atoms with E-state index in [1.54, 1.807) is 24.5 Å². The summed E-state index contributed by atoms with van der Waals surface area (Å²) in [5.74, 6) is 0. The summed E-state index contributed by atoms with van der Waals surface area (Å²) in [6.45, 7) is 0.743. The van der Waals surface area contributed by atoms with Crippen LogP contribution in [-0.2, 0) is 11.3 Å². The molecule has 0 saturated heterocycles. The van der Waals surface area contributed by atoms with Crippen LogP contribution in [0.1, 0.15) is 17.2 Å². The van der Waals surface area contributed by atoms with Gasteiger partial charge in [-0.25, -0.2) is 4.79 Å². The Balaban J connectivity index is 1.90. The summed E-state index contributed by atoms with van der Waals surface area (Å²) >= 11 is 0. The van der Waals surface area contributed by atoms with Gasteiger partial charge in [0.15, 0.2) is 0 Å². The highest BCUT2D eigenvalue weighted by atomic mass is 16.5. The van der Waals surface area contributed by atoms with E-state index in [0.29, 0.717) is 18.8 Å². The number of aliphatic hydroxyl groups is 1. The molecule has 1 N–H and O–H groups in total. The molecule has 0 aliphatic carbocycles. The maximum Gasteiger partial charge on any atom is 0.336 e. The van der Waals surface area contributed by atoms with Crippen LogP contribution in [0.3, 0.4) is 0 Å². The maximum absolute atomic E-state index is 11.2. The van der Waals surface area contributed by atoms with Crippen molar-refractivity contribution < 1.29 is 14.3 Å². The zero-order chi connectivity index (χ0) is 15.1. The van der Waals surface area contributed by atoms with Gasteiger partial charge in [-0.05, 0) is 29.3 Å². The molecule has 3 heterocycles. The average molecular weight is 295 g/mol. The summed E-state index contributed by atoms with van der Waals surface area (Å²) in [6.07, 6.45) is 2.81. The molecular weight excluding hydrogens is 282 g/mol. The Bertz CT molecular complexity index is 916. The van der Waals surface area contributed by atoms with Gasteiger partial charge in [-0.3, -0.25) is 4.98 Å². The number of aliphatic hydroxyl groups excluding tert-OH is 1. The molecule has 3 aromatic rings. The van der Waals surface area contributed by atoms with E-state index in [4.69, 9.17) is 9.15 Å². The second-order valence-electron chi connectivity index (χ2n) is 5.29. The van der Waals surface area contributed by atoms with Gasteiger partial charge in [0.2, 0.25) is 0 Å².